The summed E-state index contributed by atoms with van der Waals surface area (Å²) >= 11 is 0. The van der Waals surface area contributed by atoms with E-state index in [1.807, 2.05) is 0 Å². The molecule has 6 heteroatoms. The molecule has 1 heterocycles. The minimum atomic E-state index is -0.447. The summed E-state index contributed by atoms with van der Waals surface area (Å²) in [5.41, 5.74) is 0. The molecule has 1 saturated carbocycles. The van der Waals surface area contributed by atoms with Crippen LogP contribution in [0.5, 0.6) is 0 Å². The molecule has 0 amide bonds. The molecule has 2 rings (SSSR count). The fourth-order valence-corrected chi connectivity index (χ4v) is 1.98. The van der Waals surface area contributed by atoms with Crippen molar-refractivity contribution in [1.82, 2.24) is 9.55 Å². The van der Waals surface area contributed by atoms with E-state index in [0.29, 0.717) is 11.9 Å². The topological polar surface area (TPSA) is 73.0 Å². The van der Waals surface area contributed by atoms with Crippen LogP contribution in [0, 0.1) is 10.1 Å². The van der Waals surface area contributed by atoms with Crippen LogP contribution in [-0.4, -0.2) is 20.5 Å². The average Bonchev–Trinajstić information content (AvgIpc) is 2.78. The van der Waals surface area contributed by atoms with Crippen LogP contribution in [0.2, 0.25) is 0 Å². The zero-order chi connectivity index (χ0) is 10.8. The molecule has 6 nitrogen and oxygen atoms in total. The lowest BCUT2D eigenvalue weighted by Crippen LogP contribution is -2.17. The zero-order valence-corrected chi connectivity index (χ0v) is 8.64. The van der Waals surface area contributed by atoms with E-state index in [4.69, 9.17) is 0 Å². The lowest BCUT2D eigenvalue weighted by molar-refractivity contribution is -0.388. The highest BCUT2D eigenvalue weighted by Crippen LogP contribution is 2.27. The summed E-state index contributed by atoms with van der Waals surface area (Å²) in [5, 5.41) is 13.9. The van der Waals surface area contributed by atoms with Crippen LogP contribution in [0.3, 0.4) is 0 Å². The molecule has 1 N–H and O–H groups in total. The maximum atomic E-state index is 10.7. The Morgan fingerprint density at radius 3 is 2.87 bits per heavy atom. The zero-order valence-electron chi connectivity index (χ0n) is 8.64. The Morgan fingerprint density at radius 2 is 2.27 bits per heavy atom. The monoisotopic (exact) mass is 210 g/mol. The molecule has 1 aliphatic carbocycles. The van der Waals surface area contributed by atoms with E-state index < -0.39 is 4.92 Å². The second-order valence-electron chi connectivity index (χ2n) is 3.91. The Hall–Kier alpha value is -1.59. The number of hydrogen-bond donors (Lipinski definition) is 1. The molecule has 1 aliphatic rings. The van der Waals surface area contributed by atoms with Crippen molar-refractivity contribution in [1.29, 1.82) is 0 Å². The number of imidazole rings is 1. The minimum absolute atomic E-state index is 0.0793. The average molecular weight is 210 g/mol. The van der Waals surface area contributed by atoms with Crippen LogP contribution in [0.15, 0.2) is 6.33 Å². The number of nitrogens with one attached hydrogen (secondary N) is 1. The van der Waals surface area contributed by atoms with Crippen molar-refractivity contribution >= 4 is 11.6 Å². The van der Waals surface area contributed by atoms with Gasteiger partial charge in [-0.2, -0.15) is 0 Å². The molecule has 1 aromatic heterocycles. The molecule has 0 unspecified atom stereocenters. The third-order valence-electron chi connectivity index (χ3n) is 2.79. The van der Waals surface area contributed by atoms with E-state index >= 15 is 0 Å². The van der Waals surface area contributed by atoms with Crippen molar-refractivity contribution in [3.8, 4) is 0 Å². The smallest absolute Gasteiger partial charge is 0.362 e. The molecule has 0 atom stereocenters. The molecule has 0 aromatic carbocycles. The number of nitrogens with zero attached hydrogens (tertiary/aromatic N) is 3. The Kier molecular flexibility index (Phi) is 2.57. The Morgan fingerprint density at radius 1 is 1.60 bits per heavy atom. The van der Waals surface area contributed by atoms with Crippen LogP contribution in [0.4, 0.5) is 11.6 Å². The first-order valence-electron chi connectivity index (χ1n) is 5.10. The van der Waals surface area contributed by atoms with Crippen molar-refractivity contribution in [3.05, 3.63) is 16.4 Å². The number of anilines is 1. The summed E-state index contributed by atoms with van der Waals surface area (Å²) in [6.07, 6.45) is 6.03. The van der Waals surface area contributed by atoms with Gasteiger partial charge in [-0.1, -0.05) is 12.8 Å². The fraction of sp³-hybridized carbons (Fsp3) is 0.667. The van der Waals surface area contributed by atoms with E-state index in [2.05, 4.69) is 10.3 Å². The van der Waals surface area contributed by atoms with Crippen molar-refractivity contribution < 1.29 is 4.92 Å². The van der Waals surface area contributed by atoms with Gasteiger partial charge in [-0.3, -0.25) is 4.57 Å². The van der Waals surface area contributed by atoms with Gasteiger partial charge in [-0.15, -0.1) is 0 Å². The molecule has 1 aromatic rings. The number of nitro groups is 1. The summed E-state index contributed by atoms with van der Waals surface area (Å²) in [7, 11) is 1.76. The third-order valence-corrected chi connectivity index (χ3v) is 2.79. The van der Waals surface area contributed by atoms with Gasteiger partial charge in [0.05, 0.1) is 0 Å². The molecule has 15 heavy (non-hydrogen) atoms. The highest BCUT2D eigenvalue weighted by atomic mass is 16.6. The Balaban J connectivity index is 2.18. The summed E-state index contributed by atoms with van der Waals surface area (Å²) in [6.45, 7) is 0. The first-order chi connectivity index (χ1) is 7.18. The molecular weight excluding hydrogens is 196 g/mol. The van der Waals surface area contributed by atoms with E-state index in [1.165, 1.54) is 19.2 Å². The lowest BCUT2D eigenvalue weighted by Gasteiger charge is -2.12. The molecule has 1 fully saturated rings. The SMILES string of the molecule is Cn1cnc([N+](=O)[O-])c1NC1CCCC1. The molecule has 82 valence electrons. The van der Waals surface area contributed by atoms with Gasteiger partial charge in [-0.25, -0.2) is 0 Å². The van der Waals surface area contributed by atoms with Gasteiger partial charge in [0, 0.05) is 13.1 Å². The Labute approximate surface area is 87.5 Å². The van der Waals surface area contributed by atoms with Crippen molar-refractivity contribution in [3.63, 3.8) is 0 Å². The molecule has 0 aliphatic heterocycles. The standard InChI is InChI=1S/C9H14N4O2/c1-12-6-10-8(13(14)15)9(12)11-7-4-2-3-5-7/h6-7,11H,2-5H2,1H3. The summed E-state index contributed by atoms with van der Waals surface area (Å²) in [4.78, 5) is 14.0. The van der Waals surface area contributed by atoms with Crippen LogP contribution >= 0.6 is 0 Å². The van der Waals surface area contributed by atoms with Crippen LogP contribution in [0.25, 0.3) is 0 Å². The first kappa shape index (κ1) is 9.95. The van der Waals surface area contributed by atoms with Gasteiger partial charge in [0.25, 0.3) is 0 Å². The van der Waals surface area contributed by atoms with Crippen molar-refractivity contribution in [2.45, 2.75) is 31.7 Å². The van der Waals surface area contributed by atoms with Crippen LogP contribution in [0.1, 0.15) is 25.7 Å². The third kappa shape index (κ3) is 1.93. The first-order valence-corrected chi connectivity index (χ1v) is 5.10. The predicted molar refractivity (Wildman–Crippen MR) is 55.7 cm³/mol. The summed E-state index contributed by atoms with van der Waals surface area (Å²) < 4.78 is 1.66. The number of rotatable bonds is 3. The van der Waals surface area contributed by atoms with Gasteiger partial charge < -0.3 is 15.4 Å². The van der Waals surface area contributed by atoms with E-state index in [1.54, 1.807) is 11.6 Å². The molecule has 0 bridgehead atoms. The van der Waals surface area contributed by atoms with E-state index in [0.717, 1.165) is 12.8 Å². The van der Waals surface area contributed by atoms with Gasteiger partial charge >= 0.3 is 5.82 Å². The van der Waals surface area contributed by atoms with E-state index in [-0.39, 0.29) is 5.82 Å². The van der Waals surface area contributed by atoms with Gasteiger partial charge in [-0.05, 0) is 22.7 Å². The fourth-order valence-electron chi connectivity index (χ4n) is 1.98. The quantitative estimate of drug-likeness (QED) is 0.608. The number of aryl methyl sites for hydroxylation is 1. The lowest BCUT2D eigenvalue weighted by atomic mass is 10.2. The maximum absolute atomic E-state index is 10.7. The maximum Gasteiger partial charge on any atom is 0.406 e. The molecular formula is C9H14N4O2. The number of aromatic nitrogens is 2. The van der Waals surface area contributed by atoms with Gasteiger partial charge in [0.1, 0.15) is 0 Å². The summed E-state index contributed by atoms with van der Waals surface area (Å²) in [5.74, 6) is 0.441. The summed E-state index contributed by atoms with van der Waals surface area (Å²) in [6, 6.07) is 0.360. The van der Waals surface area contributed by atoms with Crippen molar-refractivity contribution in [2.75, 3.05) is 5.32 Å². The minimum Gasteiger partial charge on any atom is -0.362 e. The normalized spacial score (nSPS) is 16.9. The van der Waals surface area contributed by atoms with Crippen LogP contribution in [-0.2, 0) is 7.05 Å². The molecule has 0 radical (unpaired) electrons. The van der Waals surface area contributed by atoms with Crippen molar-refractivity contribution in [2.24, 2.45) is 7.05 Å². The largest absolute Gasteiger partial charge is 0.406 e. The highest BCUT2D eigenvalue weighted by molar-refractivity contribution is 5.52. The van der Waals surface area contributed by atoms with E-state index in [9.17, 15) is 10.1 Å². The number of hydrogen-bond acceptors (Lipinski definition) is 4. The highest BCUT2D eigenvalue weighted by Gasteiger charge is 2.24. The molecule has 0 saturated heterocycles. The second-order valence-corrected chi connectivity index (χ2v) is 3.91. The van der Waals surface area contributed by atoms with Gasteiger partial charge in [0.15, 0.2) is 0 Å². The second kappa shape index (κ2) is 3.88. The molecule has 0 spiro atoms. The van der Waals surface area contributed by atoms with Crippen LogP contribution < -0.4 is 5.32 Å². The Bertz CT molecular complexity index is 368. The van der Waals surface area contributed by atoms with Gasteiger partial charge in [0.2, 0.25) is 12.1 Å². The predicted octanol–water partition coefficient (Wildman–Crippen LogP) is 1.68.